The average molecular weight is 195 g/mol. The molecular formula is C10H13NO3. The van der Waals surface area contributed by atoms with Gasteiger partial charge < -0.3 is 10.0 Å². The first-order valence-electron chi connectivity index (χ1n) is 4.58. The predicted octanol–water partition coefficient (Wildman–Crippen LogP) is 0.475. The lowest BCUT2D eigenvalue weighted by molar-refractivity contribution is -0.146. The lowest BCUT2D eigenvalue weighted by atomic mass is 10.2. The maximum atomic E-state index is 11.3. The monoisotopic (exact) mass is 195 g/mol. The Balaban J connectivity index is 2.56. The number of carboxylic acids is 1. The molecule has 0 bridgehead atoms. The zero-order valence-electron chi connectivity index (χ0n) is 8.12. The topological polar surface area (TPSA) is 57.6 Å². The van der Waals surface area contributed by atoms with Crippen LogP contribution < -0.4 is 0 Å². The summed E-state index contributed by atoms with van der Waals surface area (Å²) in [4.78, 5) is 23.5. The van der Waals surface area contributed by atoms with Gasteiger partial charge in [-0.1, -0.05) is 0 Å². The maximum absolute atomic E-state index is 11.3. The van der Waals surface area contributed by atoms with Crippen molar-refractivity contribution < 1.29 is 14.7 Å². The third kappa shape index (κ3) is 2.25. The summed E-state index contributed by atoms with van der Waals surface area (Å²) in [6.45, 7) is 2.15. The van der Waals surface area contributed by atoms with Gasteiger partial charge in [-0.25, -0.2) is 4.79 Å². The lowest BCUT2D eigenvalue weighted by Gasteiger charge is -2.20. The van der Waals surface area contributed by atoms with Crippen molar-refractivity contribution in [3.8, 4) is 11.8 Å². The zero-order chi connectivity index (χ0) is 10.6. The summed E-state index contributed by atoms with van der Waals surface area (Å²) in [5.74, 6) is 4.54. The summed E-state index contributed by atoms with van der Waals surface area (Å²) in [6, 6.07) is -0.638. The van der Waals surface area contributed by atoms with E-state index in [1.54, 1.807) is 6.92 Å². The fourth-order valence-electron chi connectivity index (χ4n) is 1.57. The molecule has 1 aliphatic rings. The molecule has 0 aromatic carbocycles. The van der Waals surface area contributed by atoms with Gasteiger partial charge in [-0.15, -0.1) is 11.8 Å². The van der Waals surface area contributed by atoms with Crippen molar-refractivity contribution in [2.75, 3.05) is 6.54 Å². The second-order valence-corrected chi connectivity index (χ2v) is 3.16. The Kier molecular flexibility index (Phi) is 3.52. The molecule has 1 unspecified atom stereocenters. The molecule has 0 spiro atoms. The third-order valence-corrected chi connectivity index (χ3v) is 2.27. The molecule has 1 heterocycles. The molecule has 76 valence electrons. The molecule has 0 saturated carbocycles. The molecule has 0 aliphatic carbocycles. The van der Waals surface area contributed by atoms with E-state index in [-0.39, 0.29) is 5.91 Å². The van der Waals surface area contributed by atoms with E-state index in [2.05, 4.69) is 11.8 Å². The Hall–Kier alpha value is -1.50. The van der Waals surface area contributed by atoms with Gasteiger partial charge in [0.05, 0.1) is 0 Å². The van der Waals surface area contributed by atoms with Crippen LogP contribution in [0.2, 0.25) is 0 Å². The highest BCUT2D eigenvalue weighted by Crippen LogP contribution is 2.18. The van der Waals surface area contributed by atoms with Crippen molar-refractivity contribution in [1.82, 2.24) is 4.90 Å². The van der Waals surface area contributed by atoms with Crippen molar-refractivity contribution in [3.05, 3.63) is 0 Å². The van der Waals surface area contributed by atoms with E-state index in [0.717, 1.165) is 0 Å². The predicted molar refractivity (Wildman–Crippen MR) is 50.4 cm³/mol. The molecule has 1 aliphatic heterocycles. The van der Waals surface area contributed by atoms with Crippen LogP contribution in [0.15, 0.2) is 0 Å². The summed E-state index contributed by atoms with van der Waals surface area (Å²) >= 11 is 0. The fraction of sp³-hybridized carbons (Fsp3) is 0.600. The largest absolute Gasteiger partial charge is 0.480 e. The highest BCUT2D eigenvalue weighted by Gasteiger charge is 2.35. The summed E-state index contributed by atoms with van der Waals surface area (Å²) in [5, 5.41) is 8.83. The van der Waals surface area contributed by atoms with Crippen LogP contribution in [0.1, 0.15) is 26.2 Å². The van der Waals surface area contributed by atoms with Gasteiger partial charge in [0.25, 0.3) is 0 Å². The SMILES string of the molecule is CC#CCCN1C(=O)CCC1C(=O)O. The van der Waals surface area contributed by atoms with E-state index in [9.17, 15) is 9.59 Å². The Bertz CT molecular complexity index is 300. The molecule has 1 saturated heterocycles. The van der Waals surface area contributed by atoms with Gasteiger partial charge >= 0.3 is 5.97 Å². The Morgan fingerprint density at radius 3 is 3.00 bits per heavy atom. The normalized spacial score (nSPS) is 20.5. The number of amides is 1. The van der Waals surface area contributed by atoms with E-state index < -0.39 is 12.0 Å². The standard InChI is InChI=1S/C10H13NO3/c1-2-3-4-7-11-8(10(13)14)5-6-9(11)12/h8H,4-7H2,1H3,(H,13,14). The summed E-state index contributed by atoms with van der Waals surface area (Å²) in [5.41, 5.74) is 0. The number of carboxylic acid groups (broad SMARTS) is 1. The number of carbonyl (C=O) groups excluding carboxylic acids is 1. The lowest BCUT2D eigenvalue weighted by Crippen LogP contribution is -2.38. The number of carbonyl (C=O) groups is 2. The minimum Gasteiger partial charge on any atom is -0.480 e. The Morgan fingerprint density at radius 2 is 2.43 bits per heavy atom. The zero-order valence-corrected chi connectivity index (χ0v) is 8.12. The van der Waals surface area contributed by atoms with Gasteiger partial charge in [-0.3, -0.25) is 4.79 Å². The van der Waals surface area contributed by atoms with E-state index >= 15 is 0 Å². The molecule has 1 rings (SSSR count). The van der Waals surface area contributed by atoms with Crippen LogP contribution in [0, 0.1) is 11.8 Å². The summed E-state index contributed by atoms with van der Waals surface area (Å²) in [7, 11) is 0. The first kappa shape index (κ1) is 10.6. The quantitative estimate of drug-likeness (QED) is 0.666. The van der Waals surface area contributed by atoms with Crippen LogP contribution in [0.25, 0.3) is 0 Å². The molecule has 1 fully saturated rings. The van der Waals surface area contributed by atoms with E-state index in [1.807, 2.05) is 0 Å². The van der Waals surface area contributed by atoms with Gasteiger partial charge in [-0.2, -0.15) is 0 Å². The molecule has 1 amide bonds. The Labute approximate surface area is 82.9 Å². The van der Waals surface area contributed by atoms with Gasteiger partial charge in [0.1, 0.15) is 6.04 Å². The van der Waals surface area contributed by atoms with Crippen molar-refractivity contribution in [3.63, 3.8) is 0 Å². The van der Waals surface area contributed by atoms with E-state index in [4.69, 9.17) is 5.11 Å². The summed E-state index contributed by atoms with van der Waals surface area (Å²) in [6.07, 6.45) is 1.32. The molecule has 0 aromatic rings. The van der Waals surface area contributed by atoms with Crippen LogP contribution in [0.5, 0.6) is 0 Å². The van der Waals surface area contributed by atoms with Gasteiger partial charge in [0.2, 0.25) is 5.91 Å². The highest BCUT2D eigenvalue weighted by atomic mass is 16.4. The third-order valence-electron chi connectivity index (χ3n) is 2.27. The first-order chi connectivity index (χ1) is 6.66. The number of nitrogens with zero attached hydrogens (tertiary/aromatic N) is 1. The minimum atomic E-state index is -0.916. The van der Waals surface area contributed by atoms with Crippen molar-refractivity contribution >= 4 is 11.9 Å². The maximum Gasteiger partial charge on any atom is 0.326 e. The molecule has 14 heavy (non-hydrogen) atoms. The van der Waals surface area contributed by atoms with Gasteiger partial charge in [0, 0.05) is 19.4 Å². The number of aliphatic carboxylic acids is 1. The second-order valence-electron chi connectivity index (χ2n) is 3.16. The van der Waals surface area contributed by atoms with E-state index in [0.29, 0.717) is 25.8 Å². The molecule has 4 nitrogen and oxygen atoms in total. The molecule has 1 atom stereocenters. The number of hydrogen-bond donors (Lipinski definition) is 1. The molecule has 0 radical (unpaired) electrons. The second kappa shape index (κ2) is 4.66. The van der Waals surface area contributed by atoms with Gasteiger partial charge in [0.15, 0.2) is 0 Å². The van der Waals surface area contributed by atoms with Crippen molar-refractivity contribution in [1.29, 1.82) is 0 Å². The smallest absolute Gasteiger partial charge is 0.326 e. The van der Waals surface area contributed by atoms with Crippen LogP contribution >= 0.6 is 0 Å². The van der Waals surface area contributed by atoms with Crippen LogP contribution in [0.3, 0.4) is 0 Å². The Morgan fingerprint density at radius 1 is 1.71 bits per heavy atom. The number of hydrogen-bond acceptors (Lipinski definition) is 2. The van der Waals surface area contributed by atoms with Crippen LogP contribution in [0.4, 0.5) is 0 Å². The first-order valence-corrected chi connectivity index (χ1v) is 4.58. The summed E-state index contributed by atoms with van der Waals surface area (Å²) < 4.78 is 0. The fourth-order valence-corrected chi connectivity index (χ4v) is 1.57. The minimum absolute atomic E-state index is 0.0738. The van der Waals surface area contributed by atoms with E-state index in [1.165, 1.54) is 4.90 Å². The highest BCUT2D eigenvalue weighted by molar-refractivity contribution is 5.87. The molecule has 0 aromatic heterocycles. The molecule has 1 N–H and O–H groups in total. The molecular weight excluding hydrogens is 182 g/mol. The van der Waals surface area contributed by atoms with Crippen LogP contribution in [-0.4, -0.2) is 34.5 Å². The number of likely N-dealkylation sites (tertiary alicyclic amines) is 1. The average Bonchev–Trinajstić information content (AvgIpc) is 2.48. The van der Waals surface area contributed by atoms with Crippen LogP contribution in [-0.2, 0) is 9.59 Å². The van der Waals surface area contributed by atoms with Crippen molar-refractivity contribution in [2.24, 2.45) is 0 Å². The van der Waals surface area contributed by atoms with Gasteiger partial charge in [-0.05, 0) is 13.3 Å². The number of rotatable bonds is 3. The van der Waals surface area contributed by atoms with Crippen molar-refractivity contribution in [2.45, 2.75) is 32.2 Å². The molecule has 4 heteroatoms.